The number of benzene rings is 1. The highest BCUT2D eigenvalue weighted by atomic mass is 16.3. The van der Waals surface area contributed by atoms with Crippen LogP contribution in [0.15, 0.2) is 22.6 Å². The Morgan fingerprint density at radius 1 is 1.06 bits per heavy atom. The lowest BCUT2D eigenvalue weighted by molar-refractivity contribution is 0.517. The minimum absolute atomic E-state index is 0.894. The van der Waals surface area contributed by atoms with Crippen molar-refractivity contribution in [2.45, 2.75) is 52.4 Å². The molecule has 0 atom stereocenters. The van der Waals surface area contributed by atoms with E-state index >= 15 is 0 Å². The summed E-state index contributed by atoms with van der Waals surface area (Å²) >= 11 is 0. The van der Waals surface area contributed by atoms with Crippen LogP contribution in [0.25, 0.3) is 11.1 Å². The van der Waals surface area contributed by atoms with Gasteiger partial charge in [0.2, 0.25) is 0 Å². The summed E-state index contributed by atoms with van der Waals surface area (Å²) in [5, 5.41) is 0. The van der Waals surface area contributed by atoms with Crippen molar-refractivity contribution in [2.75, 3.05) is 0 Å². The molecule has 17 heavy (non-hydrogen) atoms. The highest BCUT2D eigenvalue weighted by molar-refractivity contribution is 5.76. The summed E-state index contributed by atoms with van der Waals surface area (Å²) < 4.78 is 5.78. The molecule has 0 unspecified atom stereocenters. The molecule has 0 saturated carbocycles. The van der Waals surface area contributed by atoms with Crippen molar-refractivity contribution in [3.63, 3.8) is 0 Å². The number of fused-ring (bicyclic) bond motifs is 1. The zero-order valence-corrected chi connectivity index (χ0v) is 10.8. The first-order valence-electron chi connectivity index (χ1n) is 6.72. The second kappa shape index (κ2) is 5.85. The zero-order valence-electron chi connectivity index (χ0n) is 10.8. The SMILES string of the molecule is CCCCc1nc2c(CCCC)cccc2o1. The minimum atomic E-state index is 0.894. The topological polar surface area (TPSA) is 26.0 Å². The number of oxazole rings is 1. The van der Waals surface area contributed by atoms with Gasteiger partial charge in [0.1, 0.15) is 5.52 Å². The quantitative estimate of drug-likeness (QED) is 0.731. The fraction of sp³-hybridized carbons (Fsp3) is 0.533. The van der Waals surface area contributed by atoms with E-state index in [1.807, 2.05) is 6.07 Å². The first-order valence-corrected chi connectivity index (χ1v) is 6.72. The summed E-state index contributed by atoms with van der Waals surface area (Å²) in [4.78, 5) is 4.64. The van der Waals surface area contributed by atoms with E-state index in [1.54, 1.807) is 0 Å². The van der Waals surface area contributed by atoms with Gasteiger partial charge in [-0.2, -0.15) is 0 Å². The first-order chi connectivity index (χ1) is 8.35. The lowest BCUT2D eigenvalue weighted by Gasteiger charge is -1.98. The molecule has 92 valence electrons. The van der Waals surface area contributed by atoms with Crippen LogP contribution in [0, 0.1) is 0 Å². The number of hydrogen-bond donors (Lipinski definition) is 0. The van der Waals surface area contributed by atoms with E-state index < -0.39 is 0 Å². The Balaban J connectivity index is 2.25. The predicted molar refractivity (Wildman–Crippen MR) is 71.2 cm³/mol. The number of nitrogens with zero attached hydrogens (tertiary/aromatic N) is 1. The monoisotopic (exact) mass is 231 g/mol. The van der Waals surface area contributed by atoms with E-state index in [9.17, 15) is 0 Å². The molecule has 2 rings (SSSR count). The first kappa shape index (κ1) is 12.2. The van der Waals surface area contributed by atoms with Gasteiger partial charge in [0, 0.05) is 6.42 Å². The summed E-state index contributed by atoms with van der Waals surface area (Å²) in [5.41, 5.74) is 3.35. The number of aromatic nitrogens is 1. The highest BCUT2D eigenvalue weighted by Gasteiger charge is 2.08. The van der Waals surface area contributed by atoms with Crippen molar-refractivity contribution in [3.8, 4) is 0 Å². The molecule has 1 aromatic heterocycles. The lowest BCUT2D eigenvalue weighted by Crippen LogP contribution is -1.87. The largest absolute Gasteiger partial charge is 0.441 e. The molecule has 1 heterocycles. The molecule has 2 heteroatoms. The second-order valence-electron chi connectivity index (χ2n) is 4.58. The number of hydrogen-bond acceptors (Lipinski definition) is 2. The van der Waals surface area contributed by atoms with Gasteiger partial charge in [0.25, 0.3) is 0 Å². The molecule has 0 amide bonds. The summed E-state index contributed by atoms with van der Waals surface area (Å²) in [5.74, 6) is 0.894. The lowest BCUT2D eigenvalue weighted by atomic mass is 10.1. The minimum Gasteiger partial charge on any atom is -0.441 e. The molecule has 0 bridgehead atoms. The van der Waals surface area contributed by atoms with Crippen molar-refractivity contribution >= 4 is 11.1 Å². The average Bonchev–Trinajstić information content (AvgIpc) is 2.77. The highest BCUT2D eigenvalue weighted by Crippen LogP contribution is 2.22. The van der Waals surface area contributed by atoms with Crippen LogP contribution in [0.4, 0.5) is 0 Å². The van der Waals surface area contributed by atoms with Crippen molar-refractivity contribution in [2.24, 2.45) is 0 Å². The maximum atomic E-state index is 5.78. The molecule has 0 spiro atoms. The molecule has 2 nitrogen and oxygen atoms in total. The summed E-state index contributed by atoms with van der Waals surface area (Å²) in [6.07, 6.45) is 6.83. The molecule has 0 aliphatic rings. The van der Waals surface area contributed by atoms with Gasteiger partial charge in [0.15, 0.2) is 11.5 Å². The Bertz CT molecular complexity index is 473. The third-order valence-electron chi connectivity index (χ3n) is 3.09. The predicted octanol–water partition coefficient (Wildman–Crippen LogP) is 4.51. The van der Waals surface area contributed by atoms with Crippen LogP contribution in [0.5, 0.6) is 0 Å². The van der Waals surface area contributed by atoms with Crippen LogP contribution >= 0.6 is 0 Å². The molecule has 0 radical (unpaired) electrons. The summed E-state index contributed by atoms with van der Waals surface area (Å²) in [7, 11) is 0. The summed E-state index contributed by atoms with van der Waals surface area (Å²) in [6, 6.07) is 6.26. The Morgan fingerprint density at radius 3 is 2.59 bits per heavy atom. The van der Waals surface area contributed by atoms with Gasteiger partial charge in [-0.1, -0.05) is 38.8 Å². The molecule has 1 aromatic carbocycles. The van der Waals surface area contributed by atoms with Crippen LogP contribution in [0.1, 0.15) is 51.0 Å². The Labute approximate surface area is 103 Å². The van der Waals surface area contributed by atoms with E-state index in [0.29, 0.717) is 0 Å². The van der Waals surface area contributed by atoms with Crippen LogP contribution < -0.4 is 0 Å². The average molecular weight is 231 g/mol. The third kappa shape index (κ3) is 2.87. The van der Waals surface area contributed by atoms with Gasteiger partial charge in [-0.25, -0.2) is 4.98 Å². The van der Waals surface area contributed by atoms with Crippen LogP contribution in [-0.2, 0) is 12.8 Å². The van der Waals surface area contributed by atoms with E-state index in [-0.39, 0.29) is 0 Å². The van der Waals surface area contributed by atoms with Crippen LogP contribution in [-0.4, -0.2) is 4.98 Å². The molecular weight excluding hydrogens is 210 g/mol. The van der Waals surface area contributed by atoms with E-state index in [0.717, 1.165) is 36.3 Å². The van der Waals surface area contributed by atoms with Crippen LogP contribution in [0.3, 0.4) is 0 Å². The van der Waals surface area contributed by atoms with E-state index in [1.165, 1.54) is 24.8 Å². The van der Waals surface area contributed by atoms with Gasteiger partial charge in [-0.3, -0.25) is 0 Å². The third-order valence-corrected chi connectivity index (χ3v) is 3.09. The molecular formula is C15H21NO. The van der Waals surface area contributed by atoms with Crippen molar-refractivity contribution < 1.29 is 4.42 Å². The normalized spacial score (nSPS) is 11.2. The molecule has 0 aliphatic heterocycles. The van der Waals surface area contributed by atoms with Gasteiger partial charge in [0.05, 0.1) is 0 Å². The zero-order chi connectivity index (χ0) is 12.1. The van der Waals surface area contributed by atoms with Crippen LogP contribution in [0.2, 0.25) is 0 Å². The molecule has 2 aromatic rings. The summed E-state index contributed by atoms with van der Waals surface area (Å²) in [6.45, 7) is 4.41. The fourth-order valence-electron chi connectivity index (χ4n) is 2.06. The van der Waals surface area contributed by atoms with Gasteiger partial charge < -0.3 is 4.42 Å². The van der Waals surface area contributed by atoms with Gasteiger partial charge in [-0.05, 0) is 30.9 Å². The number of unbranched alkanes of at least 4 members (excludes halogenated alkanes) is 2. The molecule has 0 N–H and O–H groups in total. The molecule has 0 saturated heterocycles. The fourth-order valence-corrected chi connectivity index (χ4v) is 2.06. The second-order valence-corrected chi connectivity index (χ2v) is 4.58. The maximum Gasteiger partial charge on any atom is 0.195 e. The molecule has 0 aliphatic carbocycles. The Hall–Kier alpha value is -1.31. The number of rotatable bonds is 6. The van der Waals surface area contributed by atoms with Gasteiger partial charge >= 0.3 is 0 Å². The maximum absolute atomic E-state index is 5.78. The number of para-hydroxylation sites is 1. The van der Waals surface area contributed by atoms with Crippen molar-refractivity contribution in [1.82, 2.24) is 4.98 Å². The number of aryl methyl sites for hydroxylation is 2. The van der Waals surface area contributed by atoms with Gasteiger partial charge in [-0.15, -0.1) is 0 Å². The smallest absolute Gasteiger partial charge is 0.195 e. The van der Waals surface area contributed by atoms with E-state index in [2.05, 4.69) is 31.0 Å². The Morgan fingerprint density at radius 2 is 1.82 bits per heavy atom. The molecule has 0 fully saturated rings. The van der Waals surface area contributed by atoms with Crippen molar-refractivity contribution in [3.05, 3.63) is 29.7 Å². The standard InChI is InChI=1S/C15H21NO/c1-3-5-8-12-9-7-10-13-15(12)16-14(17-13)11-6-4-2/h7,9-10H,3-6,8,11H2,1-2H3. The van der Waals surface area contributed by atoms with E-state index in [4.69, 9.17) is 4.42 Å². The Kier molecular flexibility index (Phi) is 4.18. The van der Waals surface area contributed by atoms with Crippen molar-refractivity contribution in [1.29, 1.82) is 0 Å².